The van der Waals surface area contributed by atoms with Crippen molar-refractivity contribution in [3.8, 4) is 0 Å². The zero-order valence-corrected chi connectivity index (χ0v) is 7.94. The van der Waals surface area contributed by atoms with E-state index in [1.54, 1.807) is 12.4 Å². The Bertz CT molecular complexity index is 234. The highest BCUT2D eigenvalue weighted by Crippen LogP contribution is 2.10. The van der Waals surface area contributed by atoms with Crippen molar-refractivity contribution in [1.29, 1.82) is 0 Å². The van der Waals surface area contributed by atoms with Crippen molar-refractivity contribution in [3.63, 3.8) is 0 Å². The number of aromatic nitrogens is 2. The normalized spacial score (nSPS) is 9.67. The summed E-state index contributed by atoms with van der Waals surface area (Å²) in [5.41, 5.74) is 0. The molecular formula is C8H14N4. The molecule has 0 N–H and O–H groups in total. The number of hydrogen-bond donors (Lipinski definition) is 0. The van der Waals surface area contributed by atoms with E-state index in [-0.39, 0.29) is 0 Å². The van der Waals surface area contributed by atoms with Gasteiger partial charge in [0.1, 0.15) is 11.6 Å². The first-order chi connectivity index (χ1) is 5.61. The molecule has 0 fully saturated rings. The average molecular weight is 166 g/mol. The van der Waals surface area contributed by atoms with Gasteiger partial charge in [-0.05, 0) is 0 Å². The van der Waals surface area contributed by atoms with Crippen molar-refractivity contribution in [2.24, 2.45) is 0 Å². The molecule has 0 unspecified atom stereocenters. The minimum atomic E-state index is 0.876. The van der Waals surface area contributed by atoms with E-state index in [0.29, 0.717) is 0 Å². The van der Waals surface area contributed by atoms with Gasteiger partial charge < -0.3 is 9.80 Å². The summed E-state index contributed by atoms with van der Waals surface area (Å²) >= 11 is 0. The Hall–Kier alpha value is -1.32. The van der Waals surface area contributed by atoms with Crippen molar-refractivity contribution >= 4 is 11.6 Å². The second-order valence-electron chi connectivity index (χ2n) is 3.02. The van der Waals surface area contributed by atoms with E-state index in [0.717, 1.165) is 11.6 Å². The Kier molecular flexibility index (Phi) is 2.47. The van der Waals surface area contributed by atoms with Gasteiger partial charge in [0.15, 0.2) is 0 Å². The molecule has 1 aromatic rings. The summed E-state index contributed by atoms with van der Waals surface area (Å²) in [7, 11) is 7.79. The van der Waals surface area contributed by atoms with Crippen molar-refractivity contribution in [2.75, 3.05) is 38.0 Å². The summed E-state index contributed by atoms with van der Waals surface area (Å²) in [6.45, 7) is 0. The quantitative estimate of drug-likeness (QED) is 0.644. The Morgan fingerprint density at radius 1 is 0.917 bits per heavy atom. The van der Waals surface area contributed by atoms with Gasteiger partial charge in [0.05, 0.1) is 12.4 Å². The van der Waals surface area contributed by atoms with Gasteiger partial charge in [0.2, 0.25) is 0 Å². The lowest BCUT2D eigenvalue weighted by molar-refractivity contribution is 0.992. The number of anilines is 2. The van der Waals surface area contributed by atoms with E-state index in [2.05, 4.69) is 9.97 Å². The molecule has 1 rings (SSSR count). The van der Waals surface area contributed by atoms with Crippen LogP contribution < -0.4 is 9.80 Å². The molecule has 12 heavy (non-hydrogen) atoms. The number of nitrogens with zero attached hydrogens (tertiary/aromatic N) is 4. The molecular weight excluding hydrogens is 152 g/mol. The number of hydrogen-bond acceptors (Lipinski definition) is 4. The highest BCUT2D eigenvalue weighted by atomic mass is 15.2. The van der Waals surface area contributed by atoms with E-state index in [9.17, 15) is 0 Å². The van der Waals surface area contributed by atoms with E-state index < -0.39 is 0 Å². The molecule has 4 heteroatoms. The molecule has 0 bridgehead atoms. The third-order valence-corrected chi connectivity index (χ3v) is 1.53. The van der Waals surface area contributed by atoms with Gasteiger partial charge in [0, 0.05) is 28.2 Å². The molecule has 0 aliphatic carbocycles. The first-order valence-corrected chi connectivity index (χ1v) is 3.78. The Morgan fingerprint density at radius 2 is 1.33 bits per heavy atom. The standard InChI is InChI=1S/C8H14N4/c1-11(2)7-5-9-6-8(10-7)12(3)4/h5-6H,1-4H3. The molecule has 0 radical (unpaired) electrons. The van der Waals surface area contributed by atoms with Crippen molar-refractivity contribution < 1.29 is 0 Å². The van der Waals surface area contributed by atoms with Crippen LogP contribution in [0.25, 0.3) is 0 Å². The molecule has 0 spiro atoms. The summed E-state index contributed by atoms with van der Waals surface area (Å²) in [5.74, 6) is 1.75. The van der Waals surface area contributed by atoms with E-state index in [1.807, 2.05) is 38.0 Å². The van der Waals surface area contributed by atoms with Gasteiger partial charge >= 0.3 is 0 Å². The van der Waals surface area contributed by atoms with Crippen molar-refractivity contribution in [3.05, 3.63) is 12.4 Å². The molecule has 4 nitrogen and oxygen atoms in total. The zero-order chi connectivity index (χ0) is 9.14. The minimum absolute atomic E-state index is 0.876. The second kappa shape index (κ2) is 3.38. The van der Waals surface area contributed by atoms with Gasteiger partial charge in [-0.2, -0.15) is 0 Å². The lowest BCUT2D eigenvalue weighted by atomic mass is 10.5. The Labute approximate surface area is 72.9 Å². The molecule has 1 aromatic heterocycles. The topological polar surface area (TPSA) is 32.3 Å². The SMILES string of the molecule is CN(C)c1cncc(N(C)C)n1. The molecule has 0 saturated heterocycles. The van der Waals surface area contributed by atoms with Crippen LogP contribution in [0.2, 0.25) is 0 Å². The van der Waals surface area contributed by atoms with Gasteiger partial charge in [-0.15, -0.1) is 0 Å². The summed E-state index contributed by atoms with van der Waals surface area (Å²) in [4.78, 5) is 12.3. The highest BCUT2D eigenvalue weighted by molar-refractivity contribution is 5.43. The monoisotopic (exact) mass is 166 g/mol. The maximum atomic E-state index is 4.36. The smallest absolute Gasteiger partial charge is 0.149 e. The molecule has 0 aliphatic heterocycles. The van der Waals surface area contributed by atoms with Gasteiger partial charge in [-0.3, -0.25) is 4.98 Å². The summed E-state index contributed by atoms with van der Waals surface area (Å²) in [6, 6.07) is 0. The Morgan fingerprint density at radius 3 is 1.67 bits per heavy atom. The largest absolute Gasteiger partial charge is 0.361 e. The van der Waals surface area contributed by atoms with Gasteiger partial charge in [-0.25, -0.2) is 4.98 Å². The molecule has 0 saturated carbocycles. The molecule has 0 aliphatic rings. The molecule has 66 valence electrons. The van der Waals surface area contributed by atoms with E-state index >= 15 is 0 Å². The fourth-order valence-corrected chi connectivity index (χ4v) is 0.777. The Balaban J connectivity index is 2.96. The first kappa shape index (κ1) is 8.77. The van der Waals surface area contributed by atoms with Crippen molar-refractivity contribution in [2.45, 2.75) is 0 Å². The van der Waals surface area contributed by atoms with Gasteiger partial charge in [-0.1, -0.05) is 0 Å². The highest BCUT2D eigenvalue weighted by Gasteiger charge is 2.00. The fourth-order valence-electron chi connectivity index (χ4n) is 0.777. The van der Waals surface area contributed by atoms with Crippen LogP contribution in [0.15, 0.2) is 12.4 Å². The van der Waals surface area contributed by atoms with Crippen LogP contribution in [0, 0.1) is 0 Å². The number of rotatable bonds is 2. The lowest BCUT2D eigenvalue weighted by Crippen LogP contribution is -2.15. The second-order valence-corrected chi connectivity index (χ2v) is 3.02. The zero-order valence-electron chi connectivity index (χ0n) is 7.94. The van der Waals surface area contributed by atoms with Crippen LogP contribution in [0.1, 0.15) is 0 Å². The van der Waals surface area contributed by atoms with Gasteiger partial charge in [0.25, 0.3) is 0 Å². The maximum Gasteiger partial charge on any atom is 0.149 e. The van der Waals surface area contributed by atoms with Crippen LogP contribution in [0.5, 0.6) is 0 Å². The third kappa shape index (κ3) is 1.84. The molecule has 0 aromatic carbocycles. The van der Waals surface area contributed by atoms with E-state index in [1.165, 1.54) is 0 Å². The van der Waals surface area contributed by atoms with Crippen LogP contribution in [-0.4, -0.2) is 38.2 Å². The maximum absolute atomic E-state index is 4.36. The predicted octanol–water partition coefficient (Wildman–Crippen LogP) is 0.609. The minimum Gasteiger partial charge on any atom is -0.361 e. The summed E-state index contributed by atoms with van der Waals surface area (Å²) < 4.78 is 0. The lowest BCUT2D eigenvalue weighted by Gasteiger charge is -2.15. The molecule has 1 heterocycles. The predicted molar refractivity (Wildman–Crippen MR) is 50.7 cm³/mol. The fraction of sp³-hybridized carbons (Fsp3) is 0.500. The van der Waals surface area contributed by atoms with Crippen molar-refractivity contribution in [1.82, 2.24) is 9.97 Å². The summed E-state index contributed by atoms with van der Waals surface area (Å²) in [5, 5.41) is 0. The van der Waals surface area contributed by atoms with Crippen LogP contribution in [-0.2, 0) is 0 Å². The van der Waals surface area contributed by atoms with E-state index in [4.69, 9.17) is 0 Å². The van der Waals surface area contributed by atoms with Crippen LogP contribution >= 0.6 is 0 Å². The van der Waals surface area contributed by atoms with Crippen LogP contribution in [0.3, 0.4) is 0 Å². The van der Waals surface area contributed by atoms with Crippen LogP contribution in [0.4, 0.5) is 11.6 Å². The average Bonchev–Trinajstić information content (AvgIpc) is 2.04. The summed E-state index contributed by atoms with van der Waals surface area (Å²) in [6.07, 6.45) is 3.49. The molecule has 0 atom stereocenters. The molecule has 0 amide bonds. The first-order valence-electron chi connectivity index (χ1n) is 3.78. The third-order valence-electron chi connectivity index (χ3n) is 1.53.